The summed E-state index contributed by atoms with van der Waals surface area (Å²) in [6, 6.07) is 3.61. The van der Waals surface area contributed by atoms with Gasteiger partial charge in [0.1, 0.15) is 0 Å². The maximum absolute atomic E-state index is 12.0. The molecule has 0 aromatic carbocycles. The predicted molar refractivity (Wildman–Crippen MR) is 65.4 cm³/mol. The molecule has 0 amide bonds. The number of rotatable bonds is 4. The Morgan fingerprint density at radius 2 is 1.82 bits per heavy atom. The molecule has 0 atom stereocenters. The maximum Gasteiger partial charge on any atom is 0.279 e. The van der Waals surface area contributed by atoms with Crippen LogP contribution in [-0.2, 0) is 16.8 Å². The summed E-state index contributed by atoms with van der Waals surface area (Å²) in [5.74, 6) is 0. The number of hydrogen-bond acceptors (Lipinski definition) is 3. The summed E-state index contributed by atoms with van der Waals surface area (Å²) in [5, 5.41) is 0. The Kier molecular flexibility index (Phi) is 4.09. The lowest BCUT2D eigenvalue weighted by Gasteiger charge is -2.25. The van der Waals surface area contributed by atoms with Crippen molar-refractivity contribution in [2.24, 2.45) is 0 Å². The Morgan fingerprint density at radius 3 is 2.47 bits per heavy atom. The molecular formula is C11H17N3O2S. The lowest BCUT2D eigenvalue weighted by Crippen LogP contribution is -2.43. The van der Waals surface area contributed by atoms with Gasteiger partial charge in [0.25, 0.3) is 10.2 Å². The molecule has 1 aromatic heterocycles. The zero-order chi connectivity index (χ0) is 12.1. The normalized spacial score (nSPS) is 18.1. The maximum atomic E-state index is 12.0. The van der Waals surface area contributed by atoms with E-state index in [-0.39, 0.29) is 0 Å². The lowest BCUT2D eigenvalue weighted by molar-refractivity contribution is 0.341. The summed E-state index contributed by atoms with van der Waals surface area (Å²) in [5.41, 5.74) is 0.917. The second kappa shape index (κ2) is 5.57. The second-order valence-electron chi connectivity index (χ2n) is 4.14. The summed E-state index contributed by atoms with van der Waals surface area (Å²) in [4.78, 5) is 3.89. The number of piperidine rings is 1. The Balaban J connectivity index is 1.93. The highest BCUT2D eigenvalue weighted by Crippen LogP contribution is 2.12. The fraction of sp³-hybridized carbons (Fsp3) is 0.545. The molecule has 0 spiro atoms. The van der Waals surface area contributed by atoms with E-state index in [1.54, 1.807) is 24.5 Å². The molecule has 1 fully saturated rings. The van der Waals surface area contributed by atoms with Gasteiger partial charge >= 0.3 is 0 Å². The molecule has 94 valence electrons. The molecule has 1 aliphatic rings. The summed E-state index contributed by atoms with van der Waals surface area (Å²) < 4.78 is 28.1. The van der Waals surface area contributed by atoms with E-state index >= 15 is 0 Å². The largest absolute Gasteiger partial charge is 0.279 e. The Bertz CT molecular complexity index is 441. The molecular weight excluding hydrogens is 238 g/mol. The third kappa shape index (κ3) is 3.49. The third-order valence-electron chi connectivity index (χ3n) is 2.86. The minimum atomic E-state index is -3.32. The smallest absolute Gasteiger partial charge is 0.265 e. The van der Waals surface area contributed by atoms with Crippen molar-refractivity contribution in [2.45, 2.75) is 25.8 Å². The van der Waals surface area contributed by atoms with Crippen molar-refractivity contribution in [3.8, 4) is 0 Å². The van der Waals surface area contributed by atoms with Crippen molar-refractivity contribution < 1.29 is 8.42 Å². The van der Waals surface area contributed by atoms with Crippen molar-refractivity contribution >= 4 is 10.2 Å². The lowest BCUT2D eigenvalue weighted by atomic mass is 10.2. The summed E-state index contributed by atoms with van der Waals surface area (Å²) in [6.07, 6.45) is 6.35. The molecule has 1 saturated heterocycles. The van der Waals surface area contributed by atoms with Crippen molar-refractivity contribution in [1.29, 1.82) is 0 Å². The van der Waals surface area contributed by atoms with Crippen LogP contribution in [0.5, 0.6) is 0 Å². The van der Waals surface area contributed by atoms with Crippen LogP contribution in [0.15, 0.2) is 24.5 Å². The number of nitrogens with one attached hydrogen (secondary N) is 1. The molecule has 1 aliphatic heterocycles. The van der Waals surface area contributed by atoms with E-state index in [4.69, 9.17) is 0 Å². The van der Waals surface area contributed by atoms with E-state index in [1.165, 1.54) is 4.31 Å². The number of pyridine rings is 1. The molecule has 0 aliphatic carbocycles. The summed E-state index contributed by atoms with van der Waals surface area (Å²) in [6.45, 7) is 1.58. The highest BCUT2D eigenvalue weighted by Gasteiger charge is 2.22. The highest BCUT2D eigenvalue weighted by atomic mass is 32.2. The SMILES string of the molecule is O=S(=O)(NCc1ccncc1)N1CCCCC1. The molecule has 6 heteroatoms. The molecule has 0 radical (unpaired) electrons. The van der Waals surface area contributed by atoms with E-state index in [2.05, 4.69) is 9.71 Å². The minimum absolute atomic E-state index is 0.321. The topological polar surface area (TPSA) is 62.3 Å². The van der Waals surface area contributed by atoms with Crippen molar-refractivity contribution in [2.75, 3.05) is 13.1 Å². The van der Waals surface area contributed by atoms with Gasteiger partial charge in [-0.25, -0.2) is 0 Å². The van der Waals surface area contributed by atoms with Crippen LogP contribution >= 0.6 is 0 Å². The van der Waals surface area contributed by atoms with Gasteiger partial charge < -0.3 is 0 Å². The summed E-state index contributed by atoms with van der Waals surface area (Å²) in [7, 11) is -3.32. The van der Waals surface area contributed by atoms with Gasteiger partial charge in [0.05, 0.1) is 0 Å². The Labute approximate surface area is 102 Å². The molecule has 2 rings (SSSR count). The number of nitrogens with zero attached hydrogens (tertiary/aromatic N) is 2. The van der Waals surface area contributed by atoms with Crippen LogP contribution in [0.4, 0.5) is 0 Å². The van der Waals surface area contributed by atoms with Crippen LogP contribution in [-0.4, -0.2) is 30.8 Å². The fourth-order valence-corrected chi connectivity index (χ4v) is 3.14. The fourth-order valence-electron chi connectivity index (χ4n) is 1.87. The molecule has 2 heterocycles. The zero-order valence-electron chi connectivity index (χ0n) is 9.67. The first-order chi connectivity index (χ1) is 8.18. The first kappa shape index (κ1) is 12.5. The van der Waals surface area contributed by atoms with Gasteiger partial charge in [0.15, 0.2) is 0 Å². The van der Waals surface area contributed by atoms with E-state index in [9.17, 15) is 8.42 Å². The molecule has 0 bridgehead atoms. The first-order valence-electron chi connectivity index (χ1n) is 5.82. The molecule has 5 nitrogen and oxygen atoms in total. The average molecular weight is 255 g/mol. The van der Waals surface area contributed by atoms with Gasteiger partial charge in [0, 0.05) is 32.0 Å². The van der Waals surface area contributed by atoms with E-state index in [0.717, 1.165) is 24.8 Å². The van der Waals surface area contributed by atoms with Gasteiger partial charge in [-0.3, -0.25) is 4.98 Å². The van der Waals surface area contributed by atoms with Gasteiger partial charge in [-0.05, 0) is 30.5 Å². The van der Waals surface area contributed by atoms with Gasteiger partial charge in [0.2, 0.25) is 0 Å². The van der Waals surface area contributed by atoms with E-state index < -0.39 is 10.2 Å². The van der Waals surface area contributed by atoms with E-state index in [1.807, 2.05) is 0 Å². The molecule has 0 unspecified atom stereocenters. The first-order valence-corrected chi connectivity index (χ1v) is 7.26. The van der Waals surface area contributed by atoms with Crippen LogP contribution in [0.1, 0.15) is 24.8 Å². The summed E-state index contributed by atoms with van der Waals surface area (Å²) >= 11 is 0. The zero-order valence-corrected chi connectivity index (χ0v) is 10.5. The van der Waals surface area contributed by atoms with Gasteiger partial charge in [-0.1, -0.05) is 6.42 Å². The standard InChI is InChI=1S/C11H17N3O2S/c15-17(16,14-8-2-1-3-9-14)13-10-11-4-6-12-7-5-11/h4-7,13H,1-3,8-10H2. The van der Waals surface area contributed by atoms with Crippen molar-refractivity contribution in [3.05, 3.63) is 30.1 Å². The molecule has 1 aromatic rings. The second-order valence-corrected chi connectivity index (χ2v) is 5.90. The number of aromatic nitrogens is 1. The van der Waals surface area contributed by atoms with Gasteiger partial charge in [-0.15, -0.1) is 0 Å². The molecule has 1 N–H and O–H groups in total. The van der Waals surface area contributed by atoms with Crippen molar-refractivity contribution in [3.63, 3.8) is 0 Å². The van der Waals surface area contributed by atoms with E-state index in [0.29, 0.717) is 19.6 Å². The van der Waals surface area contributed by atoms with Crippen LogP contribution < -0.4 is 4.72 Å². The van der Waals surface area contributed by atoms with Crippen LogP contribution in [0, 0.1) is 0 Å². The number of hydrogen-bond donors (Lipinski definition) is 1. The molecule has 17 heavy (non-hydrogen) atoms. The minimum Gasteiger partial charge on any atom is -0.265 e. The monoisotopic (exact) mass is 255 g/mol. The third-order valence-corrected chi connectivity index (χ3v) is 4.42. The van der Waals surface area contributed by atoms with Crippen molar-refractivity contribution in [1.82, 2.24) is 14.0 Å². The Hall–Kier alpha value is -0.980. The van der Waals surface area contributed by atoms with Crippen LogP contribution in [0.3, 0.4) is 0 Å². The average Bonchev–Trinajstić information content (AvgIpc) is 2.39. The molecule has 0 saturated carbocycles. The van der Waals surface area contributed by atoms with Gasteiger partial charge in [-0.2, -0.15) is 17.4 Å². The Morgan fingerprint density at radius 1 is 1.18 bits per heavy atom. The highest BCUT2D eigenvalue weighted by molar-refractivity contribution is 7.87. The van der Waals surface area contributed by atoms with Crippen LogP contribution in [0.2, 0.25) is 0 Å². The quantitative estimate of drug-likeness (QED) is 0.869. The van der Waals surface area contributed by atoms with Crippen LogP contribution in [0.25, 0.3) is 0 Å². The predicted octanol–water partition coefficient (Wildman–Crippen LogP) is 0.902.